The van der Waals surface area contributed by atoms with Crippen molar-refractivity contribution >= 4 is 17.3 Å². The molecule has 0 aliphatic rings. The van der Waals surface area contributed by atoms with Crippen LogP contribution in [0.5, 0.6) is 0 Å². The van der Waals surface area contributed by atoms with Crippen molar-refractivity contribution in [1.82, 2.24) is 5.32 Å². The first-order valence-corrected chi connectivity index (χ1v) is 6.45. The molecule has 0 heterocycles. The molecule has 2 unspecified atom stereocenters. The lowest BCUT2D eigenvalue weighted by Crippen LogP contribution is -2.28. The molecule has 3 nitrogen and oxygen atoms in total. The van der Waals surface area contributed by atoms with E-state index in [1.54, 1.807) is 0 Å². The quantitative estimate of drug-likeness (QED) is 0.887. The minimum absolute atomic E-state index is 0.179. The molecule has 4 heteroatoms. The Balaban J connectivity index is 2.94. The van der Waals surface area contributed by atoms with Gasteiger partial charge in [-0.1, -0.05) is 17.7 Å². The first-order chi connectivity index (χ1) is 8.51. The van der Waals surface area contributed by atoms with Gasteiger partial charge >= 0.3 is 0 Å². The molecule has 0 aromatic heterocycles. The fourth-order valence-electron chi connectivity index (χ4n) is 1.77. The van der Waals surface area contributed by atoms with Gasteiger partial charge in [-0.15, -0.1) is 0 Å². The first-order valence-electron chi connectivity index (χ1n) is 6.07. The molecule has 0 fully saturated rings. The second kappa shape index (κ2) is 6.63. The van der Waals surface area contributed by atoms with Crippen LogP contribution in [0.25, 0.3) is 0 Å². The summed E-state index contributed by atoms with van der Waals surface area (Å²) in [5.74, 6) is 0. The molecule has 0 radical (unpaired) electrons. The lowest BCUT2D eigenvalue weighted by atomic mass is 10.1. The molecule has 1 aromatic carbocycles. The lowest BCUT2D eigenvalue weighted by Gasteiger charge is -2.26. The number of nitrogens with one attached hydrogen (secondary N) is 1. The third-order valence-electron chi connectivity index (χ3n) is 3.34. The van der Waals surface area contributed by atoms with Crippen molar-refractivity contribution in [2.45, 2.75) is 32.4 Å². The number of benzene rings is 1. The highest BCUT2D eigenvalue weighted by Gasteiger charge is 2.13. The number of anilines is 1. The largest absolute Gasteiger partial charge is 0.371 e. The van der Waals surface area contributed by atoms with Crippen LogP contribution in [0.2, 0.25) is 5.02 Å². The van der Waals surface area contributed by atoms with E-state index in [-0.39, 0.29) is 12.1 Å². The molecule has 0 aliphatic heterocycles. The van der Waals surface area contributed by atoms with Crippen molar-refractivity contribution < 1.29 is 0 Å². The average Bonchev–Trinajstić information content (AvgIpc) is 2.37. The van der Waals surface area contributed by atoms with Crippen molar-refractivity contribution in [2.24, 2.45) is 0 Å². The SMILES string of the molecule is CNC(C)c1ccc(N(C)C(C)CC#N)cc1Cl. The summed E-state index contributed by atoms with van der Waals surface area (Å²) < 4.78 is 0. The first kappa shape index (κ1) is 14.8. The van der Waals surface area contributed by atoms with Gasteiger partial charge in [0.15, 0.2) is 0 Å². The van der Waals surface area contributed by atoms with Crippen molar-refractivity contribution in [2.75, 3.05) is 19.0 Å². The van der Waals surface area contributed by atoms with Crippen LogP contribution in [-0.2, 0) is 0 Å². The molecule has 98 valence electrons. The average molecular weight is 266 g/mol. The second-order valence-corrected chi connectivity index (χ2v) is 4.95. The molecule has 2 atom stereocenters. The van der Waals surface area contributed by atoms with Crippen LogP contribution in [0.4, 0.5) is 5.69 Å². The van der Waals surface area contributed by atoms with Crippen LogP contribution < -0.4 is 10.2 Å². The van der Waals surface area contributed by atoms with Crippen molar-refractivity contribution in [1.29, 1.82) is 5.26 Å². The Morgan fingerprint density at radius 1 is 1.44 bits per heavy atom. The van der Waals surface area contributed by atoms with Gasteiger partial charge < -0.3 is 10.2 Å². The van der Waals surface area contributed by atoms with Crippen molar-refractivity contribution in [3.63, 3.8) is 0 Å². The Hall–Kier alpha value is -1.24. The predicted octanol–water partition coefficient (Wildman–Crippen LogP) is 3.36. The summed E-state index contributed by atoms with van der Waals surface area (Å²) in [5, 5.41) is 12.7. The highest BCUT2D eigenvalue weighted by molar-refractivity contribution is 6.31. The van der Waals surface area contributed by atoms with Crippen molar-refractivity contribution in [3.05, 3.63) is 28.8 Å². The zero-order chi connectivity index (χ0) is 13.7. The number of hydrogen-bond donors (Lipinski definition) is 1. The van der Waals surface area contributed by atoms with E-state index in [1.165, 1.54) is 0 Å². The minimum Gasteiger partial charge on any atom is -0.371 e. The normalized spacial score (nSPS) is 13.8. The zero-order valence-electron chi connectivity index (χ0n) is 11.4. The summed E-state index contributed by atoms with van der Waals surface area (Å²) in [7, 11) is 3.89. The van der Waals surface area contributed by atoms with Gasteiger partial charge in [-0.25, -0.2) is 0 Å². The van der Waals surface area contributed by atoms with Crippen LogP contribution in [-0.4, -0.2) is 20.1 Å². The van der Waals surface area contributed by atoms with Crippen LogP contribution in [0.3, 0.4) is 0 Å². The van der Waals surface area contributed by atoms with Crippen LogP contribution in [0.1, 0.15) is 31.9 Å². The van der Waals surface area contributed by atoms with Crippen LogP contribution in [0.15, 0.2) is 18.2 Å². The van der Waals surface area contributed by atoms with Gasteiger partial charge in [0, 0.05) is 29.8 Å². The van der Waals surface area contributed by atoms with Gasteiger partial charge in [-0.2, -0.15) is 5.26 Å². The Bertz CT molecular complexity index is 439. The second-order valence-electron chi connectivity index (χ2n) is 4.54. The Labute approximate surface area is 114 Å². The molecule has 0 bridgehead atoms. The number of nitriles is 1. The third-order valence-corrected chi connectivity index (χ3v) is 3.67. The summed E-state index contributed by atoms with van der Waals surface area (Å²) in [6.07, 6.45) is 0.503. The van der Waals surface area contributed by atoms with Gasteiger partial charge in [-0.05, 0) is 38.6 Å². The van der Waals surface area contributed by atoms with E-state index >= 15 is 0 Å². The van der Waals surface area contributed by atoms with E-state index in [0.717, 1.165) is 16.3 Å². The van der Waals surface area contributed by atoms with Gasteiger partial charge in [-0.3, -0.25) is 0 Å². The summed E-state index contributed by atoms with van der Waals surface area (Å²) in [5.41, 5.74) is 2.12. The van der Waals surface area contributed by atoms with E-state index in [0.29, 0.717) is 6.42 Å². The highest BCUT2D eigenvalue weighted by atomic mass is 35.5. The predicted molar refractivity (Wildman–Crippen MR) is 77.0 cm³/mol. The minimum atomic E-state index is 0.179. The molecule has 0 spiro atoms. The maximum atomic E-state index is 8.72. The van der Waals surface area contributed by atoms with Crippen LogP contribution in [0, 0.1) is 11.3 Å². The molecule has 0 amide bonds. The van der Waals surface area contributed by atoms with Gasteiger partial charge in [0.2, 0.25) is 0 Å². The summed E-state index contributed by atoms with van der Waals surface area (Å²) in [6, 6.07) is 8.63. The fraction of sp³-hybridized carbons (Fsp3) is 0.500. The summed E-state index contributed by atoms with van der Waals surface area (Å²) >= 11 is 6.30. The molecule has 1 N–H and O–H groups in total. The molecular formula is C14H20ClN3. The molecule has 18 heavy (non-hydrogen) atoms. The number of rotatable bonds is 5. The Kier molecular flexibility index (Phi) is 5.46. The van der Waals surface area contributed by atoms with E-state index in [9.17, 15) is 0 Å². The lowest BCUT2D eigenvalue weighted by molar-refractivity contribution is 0.652. The smallest absolute Gasteiger partial charge is 0.0643 e. The van der Waals surface area contributed by atoms with Crippen molar-refractivity contribution in [3.8, 4) is 6.07 Å². The molecule has 1 rings (SSSR count). The zero-order valence-corrected chi connectivity index (χ0v) is 12.1. The maximum absolute atomic E-state index is 8.72. The molecule has 1 aromatic rings. The van der Waals surface area contributed by atoms with Gasteiger partial charge in [0.1, 0.15) is 0 Å². The molecule has 0 aliphatic carbocycles. The highest BCUT2D eigenvalue weighted by Crippen LogP contribution is 2.28. The van der Waals surface area contributed by atoms with E-state index in [4.69, 9.17) is 16.9 Å². The maximum Gasteiger partial charge on any atom is 0.0643 e. The third kappa shape index (κ3) is 3.38. The number of nitrogens with zero attached hydrogens (tertiary/aromatic N) is 2. The number of hydrogen-bond acceptors (Lipinski definition) is 3. The molecule has 0 saturated carbocycles. The van der Waals surface area contributed by atoms with E-state index < -0.39 is 0 Å². The fourth-order valence-corrected chi connectivity index (χ4v) is 2.10. The molecular weight excluding hydrogens is 246 g/mol. The number of halogens is 1. The van der Waals surface area contributed by atoms with Gasteiger partial charge in [0.25, 0.3) is 0 Å². The van der Waals surface area contributed by atoms with Gasteiger partial charge in [0.05, 0.1) is 12.5 Å². The molecule has 0 saturated heterocycles. The van der Waals surface area contributed by atoms with E-state index in [2.05, 4.69) is 23.2 Å². The van der Waals surface area contributed by atoms with Crippen LogP contribution >= 0.6 is 11.6 Å². The standard InChI is InChI=1S/C14H20ClN3/c1-10(7-8-16)18(4)12-5-6-13(11(2)17-3)14(15)9-12/h5-6,9-11,17H,7H2,1-4H3. The monoisotopic (exact) mass is 265 g/mol. The summed E-state index contributed by atoms with van der Waals surface area (Å²) in [4.78, 5) is 2.07. The summed E-state index contributed by atoms with van der Waals surface area (Å²) in [6.45, 7) is 4.10. The van der Waals surface area contributed by atoms with E-state index in [1.807, 2.05) is 39.2 Å². The topological polar surface area (TPSA) is 39.1 Å². The Morgan fingerprint density at radius 3 is 2.61 bits per heavy atom. The Morgan fingerprint density at radius 2 is 2.11 bits per heavy atom.